The average Bonchev–Trinajstić information content (AvgIpc) is 2.33. The molecular weight excluding hydrogens is 246 g/mol. The molecule has 0 bridgehead atoms. The van der Waals surface area contributed by atoms with Crippen molar-refractivity contribution < 1.29 is 4.79 Å². The Balaban J connectivity index is 2.77. The van der Waals surface area contributed by atoms with Gasteiger partial charge in [0.1, 0.15) is 0 Å². The number of hydrogen-bond acceptors (Lipinski definition) is 1. The summed E-state index contributed by atoms with van der Waals surface area (Å²) in [5.41, 5.74) is 1.53. The van der Waals surface area contributed by atoms with Crippen LogP contribution >= 0.6 is 11.6 Å². The topological polar surface area (TPSA) is 29.1 Å². The normalized spacial score (nSPS) is 10.7. The summed E-state index contributed by atoms with van der Waals surface area (Å²) in [4.78, 5) is 12.2. The molecule has 0 saturated carbocycles. The van der Waals surface area contributed by atoms with Gasteiger partial charge in [-0.25, -0.2) is 0 Å². The zero-order valence-electron chi connectivity index (χ0n) is 11.4. The second-order valence-electron chi connectivity index (χ2n) is 4.66. The summed E-state index contributed by atoms with van der Waals surface area (Å²) in [6, 6.07) is 5.72. The molecule has 0 unspecified atom stereocenters. The summed E-state index contributed by atoms with van der Waals surface area (Å²) in [7, 11) is 0. The first-order valence-corrected chi connectivity index (χ1v) is 7.03. The van der Waals surface area contributed by atoms with Crippen LogP contribution in [-0.2, 0) is 0 Å². The largest absolute Gasteiger partial charge is 0.349 e. The zero-order valence-corrected chi connectivity index (χ0v) is 12.2. The number of benzene rings is 1. The minimum atomic E-state index is -0.0121. The van der Waals surface area contributed by atoms with Gasteiger partial charge in [-0.3, -0.25) is 4.79 Å². The fraction of sp³-hybridized carbons (Fsp3) is 0.533. The molecule has 1 aromatic carbocycles. The van der Waals surface area contributed by atoms with Gasteiger partial charge in [0, 0.05) is 16.6 Å². The minimum absolute atomic E-state index is 0.0121. The van der Waals surface area contributed by atoms with E-state index in [4.69, 9.17) is 11.6 Å². The van der Waals surface area contributed by atoms with E-state index in [1.54, 1.807) is 0 Å². The van der Waals surface area contributed by atoms with E-state index in [1.807, 2.05) is 25.1 Å². The third-order valence-corrected chi connectivity index (χ3v) is 3.53. The van der Waals surface area contributed by atoms with Crippen LogP contribution in [0, 0.1) is 6.92 Å². The van der Waals surface area contributed by atoms with Crippen LogP contribution in [0.15, 0.2) is 18.2 Å². The Labute approximate surface area is 115 Å². The third-order valence-electron chi connectivity index (χ3n) is 3.12. The zero-order chi connectivity index (χ0) is 13.5. The van der Waals surface area contributed by atoms with Crippen LogP contribution in [0.5, 0.6) is 0 Å². The molecule has 0 spiro atoms. The predicted molar refractivity (Wildman–Crippen MR) is 77.3 cm³/mol. The van der Waals surface area contributed by atoms with Gasteiger partial charge in [-0.1, -0.05) is 44.4 Å². The van der Waals surface area contributed by atoms with Gasteiger partial charge in [0.05, 0.1) is 0 Å². The molecule has 2 nitrogen and oxygen atoms in total. The molecule has 0 aromatic heterocycles. The Morgan fingerprint density at radius 2 is 1.89 bits per heavy atom. The first-order valence-electron chi connectivity index (χ1n) is 6.66. The first-order chi connectivity index (χ1) is 8.60. The number of amides is 1. The summed E-state index contributed by atoms with van der Waals surface area (Å²) < 4.78 is 0. The molecular formula is C15H22ClNO. The monoisotopic (exact) mass is 267 g/mol. The SMILES string of the molecule is CCCC(CCC)NC(=O)c1cccc(Cl)c1C. The van der Waals surface area contributed by atoms with Crippen molar-refractivity contribution >= 4 is 17.5 Å². The highest BCUT2D eigenvalue weighted by Gasteiger charge is 2.15. The van der Waals surface area contributed by atoms with E-state index in [0.717, 1.165) is 31.2 Å². The maximum absolute atomic E-state index is 12.2. The Morgan fingerprint density at radius 1 is 1.28 bits per heavy atom. The van der Waals surface area contributed by atoms with Crippen molar-refractivity contribution in [1.82, 2.24) is 5.32 Å². The summed E-state index contributed by atoms with van der Waals surface area (Å²) in [6.45, 7) is 6.16. The lowest BCUT2D eigenvalue weighted by Gasteiger charge is -2.18. The molecule has 0 aliphatic carbocycles. The molecule has 0 saturated heterocycles. The van der Waals surface area contributed by atoms with Crippen LogP contribution in [0.25, 0.3) is 0 Å². The fourth-order valence-corrected chi connectivity index (χ4v) is 2.28. The van der Waals surface area contributed by atoms with Gasteiger partial charge in [-0.05, 0) is 37.5 Å². The lowest BCUT2D eigenvalue weighted by Crippen LogP contribution is -2.35. The molecule has 0 heterocycles. The number of halogens is 1. The molecule has 1 amide bonds. The molecule has 0 fully saturated rings. The molecule has 1 rings (SSSR count). The van der Waals surface area contributed by atoms with E-state index in [-0.39, 0.29) is 11.9 Å². The first kappa shape index (κ1) is 15.0. The molecule has 1 aromatic rings. The maximum Gasteiger partial charge on any atom is 0.251 e. The Kier molecular flexibility index (Phi) is 6.20. The van der Waals surface area contributed by atoms with Gasteiger partial charge in [0.2, 0.25) is 0 Å². The molecule has 100 valence electrons. The quantitative estimate of drug-likeness (QED) is 0.816. The summed E-state index contributed by atoms with van der Waals surface area (Å²) in [5.74, 6) is -0.0121. The van der Waals surface area contributed by atoms with Gasteiger partial charge < -0.3 is 5.32 Å². The number of carbonyl (C=O) groups excluding carboxylic acids is 1. The molecule has 0 atom stereocenters. The molecule has 0 aliphatic heterocycles. The number of rotatable bonds is 6. The number of carbonyl (C=O) groups is 1. The second kappa shape index (κ2) is 7.42. The van der Waals surface area contributed by atoms with Crippen molar-refractivity contribution in [3.05, 3.63) is 34.3 Å². The van der Waals surface area contributed by atoms with Crippen molar-refractivity contribution in [2.24, 2.45) is 0 Å². The van der Waals surface area contributed by atoms with E-state index < -0.39 is 0 Å². The average molecular weight is 268 g/mol. The summed E-state index contributed by atoms with van der Waals surface area (Å²) >= 11 is 6.04. The van der Waals surface area contributed by atoms with Crippen LogP contribution in [0.4, 0.5) is 0 Å². The standard InChI is InChI=1S/C15H22ClNO/c1-4-7-12(8-5-2)17-15(18)13-9-6-10-14(16)11(13)3/h6,9-10,12H,4-5,7-8H2,1-3H3,(H,17,18). The Hall–Kier alpha value is -1.02. The summed E-state index contributed by atoms with van der Waals surface area (Å²) in [6.07, 6.45) is 4.22. The summed E-state index contributed by atoms with van der Waals surface area (Å²) in [5, 5.41) is 3.75. The van der Waals surface area contributed by atoms with Crippen molar-refractivity contribution in [2.45, 2.75) is 52.5 Å². The van der Waals surface area contributed by atoms with Gasteiger partial charge in [0.25, 0.3) is 5.91 Å². The highest BCUT2D eigenvalue weighted by Crippen LogP contribution is 2.19. The van der Waals surface area contributed by atoms with E-state index in [1.165, 1.54) is 0 Å². The van der Waals surface area contributed by atoms with Crippen LogP contribution in [-0.4, -0.2) is 11.9 Å². The highest BCUT2D eigenvalue weighted by molar-refractivity contribution is 6.31. The van der Waals surface area contributed by atoms with Gasteiger partial charge in [-0.15, -0.1) is 0 Å². The minimum Gasteiger partial charge on any atom is -0.349 e. The molecule has 0 radical (unpaired) electrons. The number of nitrogens with one attached hydrogen (secondary N) is 1. The van der Waals surface area contributed by atoms with Crippen LogP contribution in [0.3, 0.4) is 0 Å². The van der Waals surface area contributed by atoms with Crippen molar-refractivity contribution in [3.8, 4) is 0 Å². The Morgan fingerprint density at radius 3 is 2.44 bits per heavy atom. The lowest BCUT2D eigenvalue weighted by atomic mass is 10.0. The van der Waals surface area contributed by atoms with Crippen LogP contribution in [0.1, 0.15) is 55.5 Å². The van der Waals surface area contributed by atoms with Crippen LogP contribution in [0.2, 0.25) is 5.02 Å². The van der Waals surface area contributed by atoms with E-state index in [2.05, 4.69) is 19.2 Å². The van der Waals surface area contributed by atoms with Crippen molar-refractivity contribution in [3.63, 3.8) is 0 Å². The maximum atomic E-state index is 12.2. The fourth-order valence-electron chi connectivity index (χ4n) is 2.10. The van der Waals surface area contributed by atoms with Gasteiger partial charge in [0.15, 0.2) is 0 Å². The van der Waals surface area contributed by atoms with E-state index in [9.17, 15) is 4.79 Å². The van der Waals surface area contributed by atoms with E-state index >= 15 is 0 Å². The molecule has 0 aliphatic rings. The number of hydrogen-bond donors (Lipinski definition) is 1. The van der Waals surface area contributed by atoms with Crippen LogP contribution < -0.4 is 5.32 Å². The molecule has 1 N–H and O–H groups in total. The predicted octanol–water partition coefficient (Wildman–Crippen LogP) is 4.35. The highest BCUT2D eigenvalue weighted by atomic mass is 35.5. The second-order valence-corrected chi connectivity index (χ2v) is 5.07. The van der Waals surface area contributed by atoms with Crippen molar-refractivity contribution in [1.29, 1.82) is 0 Å². The molecule has 3 heteroatoms. The third kappa shape index (κ3) is 4.02. The Bertz CT molecular complexity index is 397. The van der Waals surface area contributed by atoms with E-state index in [0.29, 0.717) is 10.6 Å². The molecule has 18 heavy (non-hydrogen) atoms. The van der Waals surface area contributed by atoms with Gasteiger partial charge in [-0.2, -0.15) is 0 Å². The van der Waals surface area contributed by atoms with Crippen molar-refractivity contribution in [2.75, 3.05) is 0 Å². The lowest BCUT2D eigenvalue weighted by molar-refractivity contribution is 0.0932. The smallest absolute Gasteiger partial charge is 0.251 e. The van der Waals surface area contributed by atoms with Gasteiger partial charge >= 0.3 is 0 Å².